The van der Waals surface area contributed by atoms with Crippen LogP contribution in [0.5, 0.6) is 0 Å². The molecule has 1 aliphatic heterocycles. The minimum absolute atomic E-state index is 0.0833. The van der Waals surface area contributed by atoms with Gasteiger partial charge >= 0.3 is 5.97 Å². The quantitative estimate of drug-likeness (QED) is 0.883. The monoisotopic (exact) mass is 297 g/mol. The predicted molar refractivity (Wildman–Crippen MR) is 76.8 cm³/mol. The SMILES string of the molecule is CC1(C)CCCN(CC(=O)Nc2nccs2)C1C(=O)O. The molecule has 1 aromatic heterocycles. The Bertz CT molecular complexity index is 487. The molecule has 7 heteroatoms. The Hall–Kier alpha value is -1.47. The van der Waals surface area contributed by atoms with Crippen molar-refractivity contribution in [3.05, 3.63) is 11.6 Å². The summed E-state index contributed by atoms with van der Waals surface area (Å²) in [4.78, 5) is 29.2. The highest BCUT2D eigenvalue weighted by Gasteiger charge is 2.42. The molecule has 1 fully saturated rings. The van der Waals surface area contributed by atoms with E-state index in [9.17, 15) is 14.7 Å². The molecule has 1 saturated heterocycles. The number of anilines is 1. The lowest BCUT2D eigenvalue weighted by Gasteiger charge is -2.43. The third kappa shape index (κ3) is 3.34. The van der Waals surface area contributed by atoms with E-state index in [1.807, 2.05) is 13.8 Å². The number of piperidine rings is 1. The van der Waals surface area contributed by atoms with Gasteiger partial charge in [0.2, 0.25) is 5.91 Å². The van der Waals surface area contributed by atoms with Crippen molar-refractivity contribution in [3.63, 3.8) is 0 Å². The van der Waals surface area contributed by atoms with Crippen molar-refractivity contribution in [2.75, 3.05) is 18.4 Å². The van der Waals surface area contributed by atoms with Crippen LogP contribution in [0, 0.1) is 5.41 Å². The number of amides is 1. The molecule has 2 heterocycles. The summed E-state index contributed by atoms with van der Waals surface area (Å²) >= 11 is 1.34. The molecule has 0 spiro atoms. The number of likely N-dealkylation sites (tertiary alicyclic amines) is 1. The van der Waals surface area contributed by atoms with Gasteiger partial charge in [-0.2, -0.15) is 0 Å². The molecule has 0 bridgehead atoms. The minimum Gasteiger partial charge on any atom is -0.480 e. The zero-order valence-electron chi connectivity index (χ0n) is 11.6. The smallest absolute Gasteiger partial charge is 0.321 e. The van der Waals surface area contributed by atoms with E-state index in [1.165, 1.54) is 11.3 Å². The Labute approximate surface area is 121 Å². The maximum atomic E-state index is 12.0. The molecule has 0 saturated carbocycles. The minimum atomic E-state index is -0.864. The van der Waals surface area contributed by atoms with Gasteiger partial charge in [0.1, 0.15) is 6.04 Å². The second-order valence-corrected chi connectivity index (χ2v) is 6.58. The Balaban J connectivity index is 2.02. The summed E-state index contributed by atoms with van der Waals surface area (Å²) in [6.07, 6.45) is 3.38. The highest BCUT2D eigenvalue weighted by molar-refractivity contribution is 7.13. The first kappa shape index (κ1) is 14.9. The number of carbonyl (C=O) groups excluding carboxylic acids is 1. The highest BCUT2D eigenvalue weighted by Crippen LogP contribution is 2.35. The molecule has 6 nitrogen and oxygen atoms in total. The number of carbonyl (C=O) groups is 2. The second-order valence-electron chi connectivity index (χ2n) is 5.69. The molecule has 1 atom stereocenters. The summed E-state index contributed by atoms with van der Waals surface area (Å²) in [6, 6.07) is -0.627. The van der Waals surface area contributed by atoms with Gasteiger partial charge in [-0.3, -0.25) is 14.5 Å². The van der Waals surface area contributed by atoms with Crippen LogP contribution in [0.25, 0.3) is 0 Å². The zero-order valence-corrected chi connectivity index (χ0v) is 12.4. The molecule has 1 aliphatic rings. The summed E-state index contributed by atoms with van der Waals surface area (Å²) in [7, 11) is 0. The molecule has 2 N–H and O–H groups in total. The normalized spacial score (nSPS) is 22.4. The van der Waals surface area contributed by atoms with Gasteiger partial charge in [0, 0.05) is 11.6 Å². The van der Waals surface area contributed by atoms with Crippen molar-refractivity contribution in [1.29, 1.82) is 0 Å². The molecule has 0 aliphatic carbocycles. The van der Waals surface area contributed by atoms with Gasteiger partial charge in [0.25, 0.3) is 0 Å². The van der Waals surface area contributed by atoms with E-state index in [4.69, 9.17) is 0 Å². The van der Waals surface area contributed by atoms with Crippen molar-refractivity contribution >= 4 is 28.3 Å². The van der Waals surface area contributed by atoms with Gasteiger partial charge in [-0.1, -0.05) is 13.8 Å². The lowest BCUT2D eigenvalue weighted by atomic mass is 9.76. The molecule has 20 heavy (non-hydrogen) atoms. The Morgan fingerprint density at radius 3 is 2.95 bits per heavy atom. The largest absolute Gasteiger partial charge is 0.480 e. The number of carboxylic acid groups (broad SMARTS) is 1. The number of hydrogen-bond donors (Lipinski definition) is 2. The molecule has 2 rings (SSSR count). The fourth-order valence-corrected chi connectivity index (χ4v) is 3.33. The standard InChI is InChI=1S/C13H19N3O3S/c1-13(2)4-3-6-16(10(13)11(18)19)8-9(17)15-12-14-5-7-20-12/h5,7,10H,3-4,6,8H2,1-2H3,(H,18,19)(H,14,15,17). The maximum absolute atomic E-state index is 12.0. The van der Waals surface area contributed by atoms with E-state index < -0.39 is 12.0 Å². The van der Waals surface area contributed by atoms with Crippen molar-refractivity contribution in [1.82, 2.24) is 9.88 Å². The van der Waals surface area contributed by atoms with E-state index in [1.54, 1.807) is 16.5 Å². The summed E-state index contributed by atoms with van der Waals surface area (Å²) in [5.74, 6) is -1.08. The van der Waals surface area contributed by atoms with Gasteiger partial charge in [-0.15, -0.1) is 11.3 Å². The molecular formula is C13H19N3O3S. The molecular weight excluding hydrogens is 278 g/mol. The van der Waals surface area contributed by atoms with E-state index >= 15 is 0 Å². The number of carboxylic acids is 1. The Morgan fingerprint density at radius 2 is 2.35 bits per heavy atom. The first-order valence-corrected chi connectivity index (χ1v) is 7.44. The highest BCUT2D eigenvalue weighted by atomic mass is 32.1. The third-order valence-electron chi connectivity index (χ3n) is 3.63. The van der Waals surface area contributed by atoms with E-state index in [0.29, 0.717) is 11.7 Å². The lowest BCUT2D eigenvalue weighted by Crippen LogP contribution is -2.55. The van der Waals surface area contributed by atoms with Crippen LogP contribution in [0.2, 0.25) is 0 Å². The van der Waals surface area contributed by atoms with E-state index in [2.05, 4.69) is 10.3 Å². The van der Waals surface area contributed by atoms with Crippen molar-refractivity contribution in [2.24, 2.45) is 5.41 Å². The summed E-state index contributed by atoms with van der Waals surface area (Å²) in [5, 5.41) is 14.4. The summed E-state index contributed by atoms with van der Waals surface area (Å²) < 4.78 is 0. The van der Waals surface area contributed by atoms with Gasteiger partial charge in [0.05, 0.1) is 6.54 Å². The third-order valence-corrected chi connectivity index (χ3v) is 4.32. The van der Waals surface area contributed by atoms with Crippen LogP contribution in [0.4, 0.5) is 5.13 Å². The number of aliphatic carboxylic acids is 1. The van der Waals surface area contributed by atoms with Gasteiger partial charge in [-0.05, 0) is 24.8 Å². The molecule has 0 aromatic carbocycles. The predicted octanol–water partition coefficient (Wildman–Crippen LogP) is 1.66. The average molecular weight is 297 g/mol. The van der Waals surface area contributed by atoms with Crippen LogP contribution < -0.4 is 5.32 Å². The van der Waals surface area contributed by atoms with Gasteiger partial charge in [0.15, 0.2) is 5.13 Å². The summed E-state index contributed by atoms with van der Waals surface area (Å²) in [5.41, 5.74) is -0.328. The van der Waals surface area contributed by atoms with Gasteiger partial charge in [-0.25, -0.2) is 4.98 Å². The molecule has 1 unspecified atom stereocenters. The topological polar surface area (TPSA) is 82.5 Å². The molecule has 1 amide bonds. The van der Waals surface area contributed by atoms with Crippen LogP contribution in [-0.4, -0.2) is 46.0 Å². The number of nitrogens with one attached hydrogen (secondary N) is 1. The van der Waals surface area contributed by atoms with Crippen LogP contribution in [0.15, 0.2) is 11.6 Å². The Kier molecular flexibility index (Phi) is 4.39. The number of rotatable bonds is 4. The van der Waals surface area contributed by atoms with Crippen LogP contribution >= 0.6 is 11.3 Å². The number of aromatic nitrogens is 1. The van der Waals surface area contributed by atoms with Crippen LogP contribution in [0.1, 0.15) is 26.7 Å². The van der Waals surface area contributed by atoms with Gasteiger partial charge < -0.3 is 10.4 Å². The number of hydrogen-bond acceptors (Lipinski definition) is 5. The number of thiazole rings is 1. The fraction of sp³-hybridized carbons (Fsp3) is 0.615. The van der Waals surface area contributed by atoms with E-state index in [0.717, 1.165) is 12.8 Å². The van der Waals surface area contributed by atoms with Crippen LogP contribution in [-0.2, 0) is 9.59 Å². The number of nitrogens with zero attached hydrogens (tertiary/aromatic N) is 2. The Morgan fingerprint density at radius 1 is 1.60 bits per heavy atom. The van der Waals surface area contributed by atoms with Crippen LogP contribution in [0.3, 0.4) is 0 Å². The fourth-order valence-electron chi connectivity index (χ4n) is 2.79. The first-order valence-electron chi connectivity index (χ1n) is 6.56. The van der Waals surface area contributed by atoms with Crippen molar-refractivity contribution in [2.45, 2.75) is 32.7 Å². The van der Waals surface area contributed by atoms with Crippen molar-refractivity contribution < 1.29 is 14.7 Å². The summed E-state index contributed by atoms with van der Waals surface area (Å²) in [6.45, 7) is 4.60. The van der Waals surface area contributed by atoms with Crippen molar-refractivity contribution in [3.8, 4) is 0 Å². The lowest BCUT2D eigenvalue weighted by molar-refractivity contribution is -0.151. The molecule has 110 valence electrons. The maximum Gasteiger partial charge on any atom is 0.321 e. The second kappa shape index (κ2) is 5.88. The molecule has 0 radical (unpaired) electrons. The first-order chi connectivity index (χ1) is 9.40. The average Bonchev–Trinajstić information content (AvgIpc) is 2.79. The zero-order chi connectivity index (χ0) is 14.8. The van der Waals surface area contributed by atoms with E-state index in [-0.39, 0.29) is 17.9 Å². The molecule has 1 aromatic rings.